The molecule has 116 valence electrons. The van der Waals surface area contributed by atoms with Crippen molar-refractivity contribution in [3.63, 3.8) is 0 Å². The number of aryl methyl sites for hydroxylation is 1. The molecule has 0 fully saturated rings. The normalized spacial score (nSPS) is 11.1. The van der Waals surface area contributed by atoms with Gasteiger partial charge in [-0.1, -0.05) is 19.1 Å². The second-order valence-electron chi connectivity index (χ2n) is 4.70. The Balaban J connectivity index is 1.96. The van der Waals surface area contributed by atoms with Gasteiger partial charge in [0.25, 0.3) is 0 Å². The van der Waals surface area contributed by atoms with Crippen molar-refractivity contribution in [1.29, 1.82) is 0 Å². The lowest BCUT2D eigenvalue weighted by atomic mass is 10.1. The second-order valence-corrected chi connectivity index (χ2v) is 4.70. The molecule has 0 spiro atoms. The minimum Gasteiger partial charge on any atom is -0.308 e. The molecule has 0 aromatic heterocycles. The van der Waals surface area contributed by atoms with Gasteiger partial charge in [0.05, 0.1) is 5.56 Å². The SMILES string of the molecule is CCc1ccc(NC(=O)Nc2ccc(C(F)(F)F)cc2)cc1. The fourth-order valence-corrected chi connectivity index (χ4v) is 1.86. The molecule has 2 amide bonds. The predicted octanol–water partition coefficient (Wildman–Crippen LogP) is 4.91. The topological polar surface area (TPSA) is 41.1 Å². The molecule has 2 N–H and O–H groups in total. The number of hydrogen-bond donors (Lipinski definition) is 2. The van der Waals surface area contributed by atoms with Crippen molar-refractivity contribution in [3.8, 4) is 0 Å². The van der Waals surface area contributed by atoms with Gasteiger partial charge in [-0.3, -0.25) is 0 Å². The minimum atomic E-state index is -4.39. The Morgan fingerprint density at radius 1 is 0.909 bits per heavy atom. The van der Waals surface area contributed by atoms with Crippen LogP contribution in [-0.4, -0.2) is 6.03 Å². The molecule has 22 heavy (non-hydrogen) atoms. The van der Waals surface area contributed by atoms with E-state index in [9.17, 15) is 18.0 Å². The van der Waals surface area contributed by atoms with Gasteiger partial charge < -0.3 is 10.6 Å². The van der Waals surface area contributed by atoms with Gasteiger partial charge in [-0.2, -0.15) is 13.2 Å². The van der Waals surface area contributed by atoms with Crippen molar-refractivity contribution in [1.82, 2.24) is 0 Å². The summed E-state index contributed by atoms with van der Waals surface area (Å²) in [5.41, 5.74) is 1.29. The van der Waals surface area contributed by atoms with Crippen LogP contribution >= 0.6 is 0 Å². The van der Waals surface area contributed by atoms with Crippen LogP contribution < -0.4 is 10.6 Å². The molecule has 0 aliphatic heterocycles. The quantitative estimate of drug-likeness (QED) is 0.831. The molecule has 2 aromatic rings. The van der Waals surface area contributed by atoms with Gasteiger partial charge in [0, 0.05) is 11.4 Å². The van der Waals surface area contributed by atoms with E-state index in [-0.39, 0.29) is 5.69 Å². The number of carbonyl (C=O) groups excluding carboxylic acids is 1. The Kier molecular flexibility index (Phi) is 4.70. The number of carbonyl (C=O) groups is 1. The lowest BCUT2D eigenvalue weighted by Crippen LogP contribution is -2.19. The molecular weight excluding hydrogens is 293 g/mol. The van der Waals surface area contributed by atoms with Crippen molar-refractivity contribution in [3.05, 3.63) is 59.7 Å². The van der Waals surface area contributed by atoms with Gasteiger partial charge in [-0.25, -0.2) is 4.79 Å². The van der Waals surface area contributed by atoms with Crippen LogP contribution in [0.2, 0.25) is 0 Å². The van der Waals surface area contributed by atoms with E-state index in [2.05, 4.69) is 10.6 Å². The molecule has 0 heterocycles. The average Bonchev–Trinajstić information content (AvgIpc) is 2.47. The molecule has 0 saturated carbocycles. The third-order valence-corrected chi connectivity index (χ3v) is 3.09. The summed E-state index contributed by atoms with van der Waals surface area (Å²) in [4.78, 5) is 11.8. The van der Waals surface area contributed by atoms with Crippen LogP contribution in [0.1, 0.15) is 18.1 Å². The first-order valence-electron chi connectivity index (χ1n) is 6.72. The van der Waals surface area contributed by atoms with Gasteiger partial charge >= 0.3 is 12.2 Å². The zero-order valence-electron chi connectivity index (χ0n) is 11.9. The van der Waals surface area contributed by atoms with E-state index in [1.807, 2.05) is 19.1 Å². The van der Waals surface area contributed by atoms with Crippen molar-refractivity contribution < 1.29 is 18.0 Å². The maximum Gasteiger partial charge on any atom is 0.416 e. The summed E-state index contributed by atoms with van der Waals surface area (Å²) in [6.45, 7) is 2.03. The first kappa shape index (κ1) is 15.9. The highest BCUT2D eigenvalue weighted by Crippen LogP contribution is 2.29. The van der Waals surface area contributed by atoms with E-state index in [0.717, 1.165) is 24.1 Å². The highest BCUT2D eigenvalue weighted by atomic mass is 19.4. The maximum atomic E-state index is 12.4. The van der Waals surface area contributed by atoms with E-state index < -0.39 is 17.8 Å². The fraction of sp³-hybridized carbons (Fsp3) is 0.188. The number of anilines is 2. The number of hydrogen-bond acceptors (Lipinski definition) is 1. The van der Waals surface area contributed by atoms with Crippen LogP contribution in [0, 0.1) is 0 Å². The molecule has 0 aliphatic carbocycles. The van der Waals surface area contributed by atoms with Crippen LogP contribution in [0.15, 0.2) is 48.5 Å². The lowest BCUT2D eigenvalue weighted by Gasteiger charge is -2.10. The van der Waals surface area contributed by atoms with Crippen LogP contribution in [0.3, 0.4) is 0 Å². The van der Waals surface area contributed by atoms with Gasteiger partial charge in [0.2, 0.25) is 0 Å². The van der Waals surface area contributed by atoms with Crippen LogP contribution in [-0.2, 0) is 12.6 Å². The number of amides is 2. The van der Waals surface area contributed by atoms with E-state index in [1.165, 1.54) is 12.1 Å². The van der Waals surface area contributed by atoms with E-state index in [1.54, 1.807) is 12.1 Å². The molecule has 2 aromatic carbocycles. The summed E-state index contributed by atoms with van der Waals surface area (Å²) in [6, 6.07) is 11.1. The monoisotopic (exact) mass is 308 g/mol. The largest absolute Gasteiger partial charge is 0.416 e. The molecule has 0 bridgehead atoms. The number of nitrogens with one attached hydrogen (secondary N) is 2. The molecule has 0 atom stereocenters. The van der Waals surface area contributed by atoms with Crippen LogP contribution in [0.25, 0.3) is 0 Å². The maximum absolute atomic E-state index is 12.4. The summed E-state index contributed by atoms with van der Waals surface area (Å²) >= 11 is 0. The molecule has 6 heteroatoms. The second kappa shape index (κ2) is 6.51. The van der Waals surface area contributed by atoms with Gasteiger partial charge in [-0.05, 0) is 48.4 Å². The van der Waals surface area contributed by atoms with Gasteiger partial charge in [0.15, 0.2) is 0 Å². The fourth-order valence-electron chi connectivity index (χ4n) is 1.86. The number of benzene rings is 2. The Morgan fingerprint density at radius 2 is 1.36 bits per heavy atom. The molecule has 3 nitrogen and oxygen atoms in total. The highest BCUT2D eigenvalue weighted by molar-refractivity contribution is 5.99. The zero-order chi connectivity index (χ0) is 16.2. The van der Waals surface area contributed by atoms with Gasteiger partial charge in [-0.15, -0.1) is 0 Å². The molecule has 0 unspecified atom stereocenters. The third-order valence-electron chi connectivity index (χ3n) is 3.09. The first-order chi connectivity index (χ1) is 10.4. The molecule has 0 aliphatic rings. The van der Waals surface area contributed by atoms with E-state index in [0.29, 0.717) is 5.69 Å². The molecule has 0 saturated heterocycles. The predicted molar refractivity (Wildman–Crippen MR) is 79.9 cm³/mol. The summed E-state index contributed by atoms with van der Waals surface area (Å²) in [7, 11) is 0. The number of halogens is 3. The van der Waals surface area contributed by atoms with E-state index >= 15 is 0 Å². The number of rotatable bonds is 3. The molecule has 2 rings (SSSR count). The summed E-state index contributed by atoms with van der Waals surface area (Å²) < 4.78 is 37.3. The Bertz CT molecular complexity index is 634. The van der Waals surface area contributed by atoms with Crippen molar-refractivity contribution in [2.75, 3.05) is 10.6 Å². The van der Waals surface area contributed by atoms with Crippen LogP contribution in [0.5, 0.6) is 0 Å². The number of urea groups is 1. The van der Waals surface area contributed by atoms with E-state index in [4.69, 9.17) is 0 Å². The molecule has 0 radical (unpaired) electrons. The smallest absolute Gasteiger partial charge is 0.308 e. The summed E-state index contributed by atoms with van der Waals surface area (Å²) in [5.74, 6) is 0. The van der Waals surface area contributed by atoms with Crippen molar-refractivity contribution in [2.45, 2.75) is 19.5 Å². The highest BCUT2D eigenvalue weighted by Gasteiger charge is 2.29. The Hall–Kier alpha value is -2.50. The van der Waals surface area contributed by atoms with Crippen LogP contribution in [0.4, 0.5) is 29.3 Å². The third kappa shape index (κ3) is 4.25. The Labute approximate surface area is 126 Å². The van der Waals surface area contributed by atoms with Crippen molar-refractivity contribution >= 4 is 17.4 Å². The summed E-state index contributed by atoms with van der Waals surface area (Å²) in [5, 5.41) is 5.09. The van der Waals surface area contributed by atoms with Crippen molar-refractivity contribution in [2.24, 2.45) is 0 Å². The Morgan fingerprint density at radius 3 is 1.77 bits per heavy atom. The number of alkyl halides is 3. The lowest BCUT2D eigenvalue weighted by molar-refractivity contribution is -0.137. The first-order valence-corrected chi connectivity index (χ1v) is 6.72. The standard InChI is InChI=1S/C16H15F3N2O/c1-2-11-3-7-13(8-4-11)20-15(22)21-14-9-5-12(6-10-14)16(17,18)19/h3-10H,2H2,1H3,(H2,20,21,22). The summed E-state index contributed by atoms with van der Waals surface area (Å²) in [6.07, 6.45) is -3.49. The zero-order valence-corrected chi connectivity index (χ0v) is 11.9. The average molecular weight is 308 g/mol. The van der Waals surface area contributed by atoms with Gasteiger partial charge in [0.1, 0.15) is 0 Å². The minimum absolute atomic E-state index is 0.288. The molecular formula is C16H15F3N2O.